The average molecular weight is 300 g/mol. The summed E-state index contributed by atoms with van der Waals surface area (Å²) in [5.41, 5.74) is 0.781. The Labute approximate surface area is 122 Å². The van der Waals surface area contributed by atoms with Crippen LogP contribution < -0.4 is 0 Å². The summed E-state index contributed by atoms with van der Waals surface area (Å²) in [5.74, 6) is -0.102. The van der Waals surface area contributed by atoms with Gasteiger partial charge >= 0.3 is 0 Å². The van der Waals surface area contributed by atoms with Crippen LogP contribution in [0.5, 0.6) is 0 Å². The van der Waals surface area contributed by atoms with Crippen LogP contribution in [0.15, 0.2) is 24.3 Å². The molecule has 1 aromatic rings. The van der Waals surface area contributed by atoms with Crippen molar-refractivity contribution < 1.29 is 9.90 Å². The van der Waals surface area contributed by atoms with E-state index in [1.54, 1.807) is 29.2 Å². The molecule has 5 heteroatoms. The normalized spacial score (nSPS) is 19.9. The van der Waals surface area contributed by atoms with Crippen molar-refractivity contribution in [3.63, 3.8) is 0 Å². The topological polar surface area (TPSA) is 40.5 Å². The Balaban J connectivity index is 2.03. The number of nitrogens with zero attached hydrogens (tertiary/aromatic N) is 1. The molecule has 19 heavy (non-hydrogen) atoms. The van der Waals surface area contributed by atoms with Crippen molar-refractivity contribution in [3.8, 4) is 0 Å². The number of halogens is 2. The lowest BCUT2D eigenvalue weighted by Crippen LogP contribution is -2.41. The van der Waals surface area contributed by atoms with Crippen LogP contribution in [0.25, 0.3) is 6.08 Å². The number of aliphatic hydroxyl groups excluding tert-OH is 1. The highest BCUT2D eigenvalue weighted by Gasteiger charge is 2.20. The number of amides is 1. The first-order valence-electron chi connectivity index (χ1n) is 6.16. The van der Waals surface area contributed by atoms with E-state index in [9.17, 15) is 9.90 Å². The molecule has 0 radical (unpaired) electrons. The van der Waals surface area contributed by atoms with Gasteiger partial charge in [0.25, 0.3) is 0 Å². The van der Waals surface area contributed by atoms with Gasteiger partial charge in [-0.1, -0.05) is 23.2 Å². The maximum absolute atomic E-state index is 11.9. The zero-order chi connectivity index (χ0) is 13.8. The van der Waals surface area contributed by atoms with Gasteiger partial charge in [-0.05, 0) is 42.7 Å². The Morgan fingerprint density at radius 1 is 1.32 bits per heavy atom. The molecular weight excluding hydrogens is 285 g/mol. The van der Waals surface area contributed by atoms with E-state index in [1.165, 1.54) is 6.08 Å². The molecule has 0 bridgehead atoms. The van der Waals surface area contributed by atoms with E-state index in [2.05, 4.69) is 0 Å². The van der Waals surface area contributed by atoms with Crippen LogP contribution in [-0.2, 0) is 4.79 Å². The van der Waals surface area contributed by atoms with Crippen molar-refractivity contribution in [3.05, 3.63) is 39.9 Å². The lowest BCUT2D eigenvalue weighted by molar-refractivity contribution is -0.128. The molecule has 1 aromatic carbocycles. The molecule has 1 fully saturated rings. The van der Waals surface area contributed by atoms with Crippen molar-refractivity contribution in [2.45, 2.75) is 18.9 Å². The third kappa shape index (κ3) is 4.23. The molecule has 1 amide bonds. The van der Waals surface area contributed by atoms with Crippen LogP contribution in [0.1, 0.15) is 18.4 Å². The van der Waals surface area contributed by atoms with Gasteiger partial charge in [-0.15, -0.1) is 0 Å². The number of carbonyl (C=O) groups excluding carboxylic acids is 1. The predicted molar refractivity (Wildman–Crippen MR) is 77.3 cm³/mol. The molecule has 0 saturated carbocycles. The lowest BCUT2D eigenvalue weighted by atomic mass is 10.1. The Morgan fingerprint density at radius 3 is 2.63 bits per heavy atom. The number of rotatable bonds is 2. The maximum Gasteiger partial charge on any atom is 0.246 e. The molecule has 1 heterocycles. The van der Waals surface area contributed by atoms with Crippen molar-refractivity contribution in [2.75, 3.05) is 13.1 Å². The summed E-state index contributed by atoms with van der Waals surface area (Å²) in [6.45, 7) is 1.09. The van der Waals surface area contributed by atoms with Crippen molar-refractivity contribution in [1.29, 1.82) is 0 Å². The number of aliphatic hydroxyl groups is 1. The van der Waals surface area contributed by atoms with Gasteiger partial charge in [-0.2, -0.15) is 0 Å². The summed E-state index contributed by atoms with van der Waals surface area (Å²) in [7, 11) is 0. The summed E-state index contributed by atoms with van der Waals surface area (Å²) >= 11 is 11.8. The van der Waals surface area contributed by atoms with Gasteiger partial charge in [0.2, 0.25) is 5.91 Å². The van der Waals surface area contributed by atoms with E-state index >= 15 is 0 Å². The highest BCUT2D eigenvalue weighted by Crippen LogP contribution is 2.20. The molecule has 0 aromatic heterocycles. The first-order valence-corrected chi connectivity index (χ1v) is 6.91. The first-order chi connectivity index (χ1) is 9.04. The molecule has 102 valence electrons. The molecular formula is C14H15Cl2NO2. The fourth-order valence-electron chi connectivity index (χ4n) is 2.10. The van der Waals surface area contributed by atoms with Gasteiger partial charge in [-0.25, -0.2) is 0 Å². The van der Waals surface area contributed by atoms with Gasteiger partial charge in [0.1, 0.15) is 0 Å². The molecule has 1 N–H and O–H groups in total. The van der Waals surface area contributed by atoms with Gasteiger partial charge in [0, 0.05) is 29.2 Å². The van der Waals surface area contributed by atoms with Gasteiger partial charge < -0.3 is 10.0 Å². The van der Waals surface area contributed by atoms with Gasteiger partial charge in [0.05, 0.1) is 6.10 Å². The van der Waals surface area contributed by atoms with Gasteiger partial charge in [-0.3, -0.25) is 4.79 Å². The molecule has 1 unspecified atom stereocenters. The molecule has 2 rings (SSSR count). The summed E-state index contributed by atoms with van der Waals surface area (Å²) < 4.78 is 0. The Kier molecular flexibility index (Phi) is 4.86. The summed E-state index contributed by atoms with van der Waals surface area (Å²) in [5, 5.41) is 10.6. The molecule has 1 saturated heterocycles. The Hall–Kier alpha value is -1.03. The van der Waals surface area contributed by atoms with Crippen LogP contribution in [0.3, 0.4) is 0 Å². The summed E-state index contributed by atoms with van der Waals surface area (Å²) in [6.07, 6.45) is 4.36. The second-order valence-corrected chi connectivity index (χ2v) is 5.49. The third-order valence-corrected chi connectivity index (χ3v) is 3.45. The standard InChI is InChI=1S/C14H15Cl2NO2/c15-11-6-10(7-12(16)8-11)3-4-14(19)17-5-1-2-13(18)9-17/h3-4,6-8,13,18H,1-2,5,9H2/b4-3+. The largest absolute Gasteiger partial charge is 0.391 e. The predicted octanol–water partition coefficient (Wildman–Crippen LogP) is 2.99. The lowest BCUT2D eigenvalue weighted by Gasteiger charge is -2.29. The second kappa shape index (κ2) is 6.42. The van der Waals surface area contributed by atoms with Gasteiger partial charge in [0.15, 0.2) is 0 Å². The molecule has 1 atom stereocenters. The highest BCUT2D eigenvalue weighted by molar-refractivity contribution is 6.34. The fourth-order valence-corrected chi connectivity index (χ4v) is 2.64. The van der Waals surface area contributed by atoms with Crippen molar-refractivity contribution in [2.24, 2.45) is 0 Å². The molecule has 3 nitrogen and oxygen atoms in total. The Bertz CT molecular complexity index is 482. The van der Waals surface area contributed by atoms with Crippen LogP contribution in [-0.4, -0.2) is 35.1 Å². The SMILES string of the molecule is O=C(/C=C/c1cc(Cl)cc(Cl)c1)N1CCCC(O)C1. The Morgan fingerprint density at radius 2 is 2.00 bits per heavy atom. The summed E-state index contributed by atoms with van der Waals surface area (Å²) in [4.78, 5) is 13.6. The van der Waals surface area contributed by atoms with Crippen LogP contribution >= 0.6 is 23.2 Å². The number of benzene rings is 1. The number of hydrogen-bond donors (Lipinski definition) is 1. The third-order valence-electron chi connectivity index (χ3n) is 3.01. The highest BCUT2D eigenvalue weighted by atomic mass is 35.5. The average Bonchev–Trinajstić information content (AvgIpc) is 2.35. The molecule has 0 aliphatic carbocycles. The zero-order valence-corrected chi connectivity index (χ0v) is 11.9. The number of piperidine rings is 1. The minimum absolute atomic E-state index is 0.102. The number of hydrogen-bond acceptors (Lipinski definition) is 2. The minimum atomic E-state index is -0.410. The number of likely N-dealkylation sites (tertiary alicyclic amines) is 1. The monoisotopic (exact) mass is 299 g/mol. The van der Waals surface area contributed by atoms with Crippen LogP contribution in [0, 0.1) is 0 Å². The van der Waals surface area contributed by atoms with E-state index in [0.29, 0.717) is 23.1 Å². The van der Waals surface area contributed by atoms with E-state index < -0.39 is 6.10 Å². The minimum Gasteiger partial charge on any atom is -0.391 e. The van der Waals surface area contributed by atoms with E-state index in [-0.39, 0.29) is 5.91 Å². The van der Waals surface area contributed by atoms with Crippen LogP contribution in [0.4, 0.5) is 0 Å². The fraction of sp³-hybridized carbons (Fsp3) is 0.357. The number of carbonyl (C=O) groups is 1. The smallest absolute Gasteiger partial charge is 0.246 e. The van der Waals surface area contributed by atoms with Crippen LogP contribution in [0.2, 0.25) is 10.0 Å². The van der Waals surface area contributed by atoms with Crippen molar-refractivity contribution in [1.82, 2.24) is 4.90 Å². The molecule has 0 spiro atoms. The van der Waals surface area contributed by atoms with E-state index in [4.69, 9.17) is 23.2 Å². The molecule has 1 aliphatic rings. The quantitative estimate of drug-likeness (QED) is 0.853. The zero-order valence-electron chi connectivity index (χ0n) is 10.4. The van der Waals surface area contributed by atoms with E-state index in [0.717, 1.165) is 18.4 Å². The van der Waals surface area contributed by atoms with Crippen molar-refractivity contribution >= 4 is 35.2 Å². The number of β-amino-alcohol motifs (C(OH)–C–C–N with tert-alkyl or cyclic N) is 1. The second-order valence-electron chi connectivity index (χ2n) is 4.62. The molecule has 1 aliphatic heterocycles. The summed E-state index contributed by atoms with van der Waals surface area (Å²) in [6, 6.07) is 5.12. The first kappa shape index (κ1) is 14.4. The van der Waals surface area contributed by atoms with E-state index in [1.807, 2.05) is 0 Å². The maximum atomic E-state index is 11.9.